The summed E-state index contributed by atoms with van der Waals surface area (Å²) in [6.07, 6.45) is 0.467. The Morgan fingerprint density at radius 1 is 1.48 bits per heavy atom. The van der Waals surface area contributed by atoms with Crippen molar-refractivity contribution in [1.29, 1.82) is 0 Å². The van der Waals surface area contributed by atoms with E-state index in [9.17, 15) is 18.3 Å². The summed E-state index contributed by atoms with van der Waals surface area (Å²) in [5, 5.41) is 9.96. The van der Waals surface area contributed by atoms with Crippen LogP contribution in [0.2, 0.25) is 5.02 Å². The van der Waals surface area contributed by atoms with Gasteiger partial charge in [0.05, 0.1) is 23.3 Å². The summed E-state index contributed by atoms with van der Waals surface area (Å²) >= 11 is 5.94. The smallest absolute Gasteiger partial charge is 0.337 e. The van der Waals surface area contributed by atoms with Crippen molar-refractivity contribution in [3.05, 3.63) is 28.8 Å². The van der Waals surface area contributed by atoms with E-state index in [0.717, 1.165) is 4.31 Å². The van der Waals surface area contributed by atoms with Crippen LogP contribution in [0.15, 0.2) is 23.1 Å². The van der Waals surface area contributed by atoms with Gasteiger partial charge in [-0.2, -0.15) is 4.31 Å². The molecule has 1 N–H and O–H groups in total. The molecule has 1 aliphatic heterocycles. The molecule has 0 saturated carbocycles. The molecule has 2 rings (SSSR count). The van der Waals surface area contributed by atoms with Crippen molar-refractivity contribution < 1.29 is 23.1 Å². The molecule has 1 heterocycles. The van der Waals surface area contributed by atoms with Gasteiger partial charge < -0.3 is 9.84 Å². The number of benzene rings is 1. The third kappa shape index (κ3) is 2.91. The predicted octanol–water partition coefficient (Wildman–Crippen LogP) is 1.27. The lowest BCUT2D eigenvalue weighted by Crippen LogP contribution is -2.62. The maximum atomic E-state index is 12.5. The Kier molecular flexibility index (Phi) is 4.30. The zero-order valence-electron chi connectivity index (χ0n) is 11.7. The zero-order valence-corrected chi connectivity index (χ0v) is 13.2. The molecule has 1 fully saturated rings. The highest BCUT2D eigenvalue weighted by Crippen LogP contribution is 2.33. The molecule has 0 bridgehead atoms. The lowest BCUT2D eigenvalue weighted by molar-refractivity contribution is -0.0613. The minimum atomic E-state index is -3.84. The number of methoxy groups -OCH3 is 1. The van der Waals surface area contributed by atoms with Crippen LogP contribution in [0.1, 0.15) is 23.7 Å². The molecular weight excluding hydrogens is 318 g/mol. The Hall–Kier alpha value is -1.15. The maximum absolute atomic E-state index is 12.5. The van der Waals surface area contributed by atoms with Gasteiger partial charge in [0.25, 0.3) is 0 Å². The lowest BCUT2D eigenvalue weighted by atomic mass is 9.94. The van der Waals surface area contributed by atoms with Crippen molar-refractivity contribution in [3.8, 4) is 0 Å². The van der Waals surface area contributed by atoms with Crippen LogP contribution < -0.4 is 0 Å². The van der Waals surface area contributed by atoms with E-state index in [1.165, 1.54) is 25.3 Å². The Morgan fingerprint density at radius 2 is 2.10 bits per heavy atom. The van der Waals surface area contributed by atoms with E-state index in [1.54, 1.807) is 6.92 Å². The second-order valence-electron chi connectivity index (χ2n) is 4.99. The number of sulfonamides is 1. The van der Waals surface area contributed by atoms with Crippen LogP contribution in [0.5, 0.6) is 0 Å². The van der Waals surface area contributed by atoms with Gasteiger partial charge in [0.1, 0.15) is 4.90 Å². The number of carbonyl (C=O) groups excluding carboxylic acids is 1. The third-order valence-corrected chi connectivity index (χ3v) is 5.84. The van der Waals surface area contributed by atoms with E-state index in [0.29, 0.717) is 6.42 Å². The van der Waals surface area contributed by atoms with Crippen molar-refractivity contribution >= 4 is 27.6 Å². The standard InChI is InChI=1S/C13H16ClNO5S/c1-3-13(17)7-15(8-13)21(18,19)11-6-9(12(16)20-2)4-5-10(11)14/h4-6,17H,3,7-8H2,1-2H3. The SMILES string of the molecule is CCC1(O)CN(S(=O)(=O)c2cc(C(=O)OC)ccc2Cl)C1. The molecule has 0 atom stereocenters. The number of aliphatic hydroxyl groups is 1. The van der Waals surface area contributed by atoms with Crippen molar-refractivity contribution in [2.24, 2.45) is 0 Å². The largest absolute Gasteiger partial charge is 0.465 e. The summed E-state index contributed by atoms with van der Waals surface area (Å²) in [6, 6.07) is 3.92. The predicted molar refractivity (Wildman–Crippen MR) is 76.8 cm³/mol. The van der Waals surface area contributed by atoms with Gasteiger partial charge in [-0.25, -0.2) is 13.2 Å². The Balaban J connectivity index is 2.35. The van der Waals surface area contributed by atoms with Crippen LogP contribution in [0.3, 0.4) is 0 Å². The normalized spacial score (nSPS) is 18.1. The number of hydrogen-bond acceptors (Lipinski definition) is 5. The number of carbonyl (C=O) groups is 1. The van der Waals surface area contributed by atoms with Gasteiger partial charge in [-0.05, 0) is 24.6 Å². The van der Waals surface area contributed by atoms with E-state index < -0.39 is 21.6 Å². The molecule has 1 aliphatic rings. The molecule has 1 aromatic rings. The molecule has 1 saturated heterocycles. The highest BCUT2D eigenvalue weighted by atomic mass is 35.5. The second-order valence-corrected chi connectivity index (χ2v) is 7.30. The topological polar surface area (TPSA) is 83.9 Å². The van der Waals surface area contributed by atoms with Crippen molar-refractivity contribution in [1.82, 2.24) is 4.31 Å². The number of halogens is 1. The number of β-amino-alcohol motifs (C(OH)–C–C–N with tert-alkyl or cyclic N) is 1. The summed E-state index contributed by atoms with van der Waals surface area (Å²) in [6.45, 7) is 1.82. The number of rotatable bonds is 4. The number of esters is 1. The monoisotopic (exact) mass is 333 g/mol. The molecule has 6 nitrogen and oxygen atoms in total. The Morgan fingerprint density at radius 3 is 2.62 bits per heavy atom. The minimum Gasteiger partial charge on any atom is -0.465 e. The van der Waals surface area contributed by atoms with E-state index in [1.807, 2.05) is 0 Å². The first-order chi connectivity index (χ1) is 9.73. The fourth-order valence-corrected chi connectivity index (χ4v) is 4.19. The zero-order chi connectivity index (χ0) is 15.8. The molecule has 0 amide bonds. The van der Waals surface area contributed by atoms with Gasteiger partial charge in [-0.15, -0.1) is 0 Å². The molecule has 0 aromatic heterocycles. The van der Waals surface area contributed by atoms with E-state index in [-0.39, 0.29) is 28.6 Å². The van der Waals surface area contributed by atoms with Crippen LogP contribution >= 0.6 is 11.6 Å². The number of nitrogens with zero attached hydrogens (tertiary/aromatic N) is 1. The fraction of sp³-hybridized carbons (Fsp3) is 0.462. The number of ether oxygens (including phenoxy) is 1. The Bertz CT molecular complexity index is 667. The lowest BCUT2D eigenvalue weighted by Gasteiger charge is -2.44. The first-order valence-electron chi connectivity index (χ1n) is 6.34. The van der Waals surface area contributed by atoms with Crippen LogP contribution in [0.25, 0.3) is 0 Å². The van der Waals surface area contributed by atoms with Crippen LogP contribution in [0.4, 0.5) is 0 Å². The Labute approximate surface area is 128 Å². The van der Waals surface area contributed by atoms with Crippen LogP contribution in [-0.2, 0) is 14.8 Å². The molecule has 0 radical (unpaired) electrons. The minimum absolute atomic E-state index is 0.0185. The van der Waals surface area contributed by atoms with E-state index >= 15 is 0 Å². The van der Waals surface area contributed by atoms with Crippen LogP contribution in [0, 0.1) is 0 Å². The molecule has 0 unspecified atom stereocenters. The average molecular weight is 334 g/mol. The highest BCUT2D eigenvalue weighted by Gasteiger charge is 2.46. The van der Waals surface area contributed by atoms with Crippen molar-refractivity contribution in [2.75, 3.05) is 20.2 Å². The van der Waals surface area contributed by atoms with Gasteiger partial charge in [-0.1, -0.05) is 18.5 Å². The first kappa shape index (κ1) is 16.2. The summed E-state index contributed by atoms with van der Waals surface area (Å²) in [5.74, 6) is -0.642. The van der Waals surface area contributed by atoms with Gasteiger partial charge in [0.15, 0.2) is 0 Å². The van der Waals surface area contributed by atoms with E-state index in [4.69, 9.17) is 11.6 Å². The molecule has 1 aromatic carbocycles. The summed E-state index contributed by atoms with van der Waals surface area (Å²) < 4.78 is 30.7. The van der Waals surface area contributed by atoms with Crippen molar-refractivity contribution in [3.63, 3.8) is 0 Å². The van der Waals surface area contributed by atoms with Gasteiger partial charge in [-0.3, -0.25) is 0 Å². The van der Waals surface area contributed by atoms with E-state index in [2.05, 4.69) is 4.74 Å². The summed E-state index contributed by atoms with van der Waals surface area (Å²) in [4.78, 5) is 11.3. The quantitative estimate of drug-likeness (QED) is 0.839. The van der Waals surface area contributed by atoms with Crippen LogP contribution in [-0.4, -0.2) is 49.6 Å². The van der Waals surface area contributed by atoms with Gasteiger partial charge in [0, 0.05) is 13.1 Å². The maximum Gasteiger partial charge on any atom is 0.337 e. The molecule has 116 valence electrons. The molecule has 8 heteroatoms. The second kappa shape index (κ2) is 5.57. The fourth-order valence-electron chi connectivity index (χ4n) is 2.09. The first-order valence-corrected chi connectivity index (χ1v) is 8.16. The molecule has 0 aliphatic carbocycles. The molecular formula is C13H16ClNO5S. The number of hydrogen-bond donors (Lipinski definition) is 1. The highest BCUT2D eigenvalue weighted by molar-refractivity contribution is 7.89. The van der Waals surface area contributed by atoms with Gasteiger partial charge >= 0.3 is 5.97 Å². The molecule has 21 heavy (non-hydrogen) atoms. The third-order valence-electron chi connectivity index (χ3n) is 3.57. The van der Waals surface area contributed by atoms with Gasteiger partial charge in [0.2, 0.25) is 10.0 Å². The summed E-state index contributed by atoms with van der Waals surface area (Å²) in [5.41, 5.74) is -0.883. The summed E-state index contributed by atoms with van der Waals surface area (Å²) in [7, 11) is -2.63. The average Bonchev–Trinajstić information content (AvgIpc) is 2.43. The molecule has 0 spiro atoms. The van der Waals surface area contributed by atoms with Crippen molar-refractivity contribution in [2.45, 2.75) is 23.8 Å².